The molecule has 1 amide bonds. The van der Waals surface area contributed by atoms with E-state index in [1.165, 1.54) is 23.1 Å². The summed E-state index contributed by atoms with van der Waals surface area (Å²) in [5.74, 6) is -0.0979. The topological polar surface area (TPSA) is 84.7 Å². The number of carbonyl (C=O) groups excluding carboxylic acids is 1. The average Bonchev–Trinajstić information content (AvgIpc) is 3.17. The van der Waals surface area contributed by atoms with Gasteiger partial charge >= 0.3 is 0 Å². The molecule has 0 aliphatic carbocycles. The van der Waals surface area contributed by atoms with Crippen LogP contribution in [0.25, 0.3) is 0 Å². The van der Waals surface area contributed by atoms with Gasteiger partial charge in [0.25, 0.3) is 0 Å². The lowest BCUT2D eigenvalue weighted by Gasteiger charge is -2.10. The second kappa shape index (κ2) is 8.50. The highest BCUT2D eigenvalue weighted by Crippen LogP contribution is 2.32. The van der Waals surface area contributed by atoms with E-state index in [1.807, 2.05) is 52.9 Å². The SMILES string of the molecule is Cc1ccc(Nc2nnc(SC(C)C(=O)Nc3c(C)nn(C)c3C)s2)cc1Cl. The lowest BCUT2D eigenvalue weighted by atomic mass is 10.2. The van der Waals surface area contributed by atoms with Crippen molar-refractivity contribution in [3.8, 4) is 0 Å². The molecule has 2 N–H and O–H groups in total. The Balaban J connectivity index is 1.62. The second-order valence-corrected chi connectivity index (χ2v) is 9.35. The Bertz CT molecular complexity index is 1020. The summed E-state index contributed by atoms with van der Waals surface area (Å²) < 4.78 is 2.46. The fraction of sp³-hybridized carbons (Fsp3) is 0.333. The first-order chi connectivity index (χ1) is 13.2. The van der Waals surface area contributed by atoms with E-state index in [0.29, 0.717) is 14.5 Å². The maximum absolute atomic E-state index is 12.6. The van der Waals surface area contributed by atoms with Crippen LogP contribution in [0.15, 0.2) is 22.5 Å². The Kier molecular flexibility index (Phi) is 6.26. The van der Waals surface area contributed by atoms with Crippen molar-refractivity contribution in [3.05, 3.63) is 40.2 Å². The van der Waals surface area contributed by atoms with Gasteiger partial charge in [0.15, 0.2) is 4.34 Å². The first-order valence-corrected chi connectivity index (χ1v) is 10.7. The van der Waals surface area contributed by atoms with E-state index in [9.17, 15) is 4.79 Å². The van der Waals surface area contributed by atoms with Crippen LogP contribution >= 0.6 is 34.7 Å². The summed E-state index contributed by atoms with van der Waals surface area (Å²) >= 11 is 8.91. The Morgan fingerprint density at radius 3 is 2.68 bits per heavy atom. The van der Waals surface area contributed by atoms with Gasteiger partial charge in [0.1, 0.15) is 0 Å². The first-order valence-electron chi connectivity index (χ1n) is 8.59. The van der Waals surface area contributed by atoms with Gasteiger partial charge in [-0.15, -0.1) is 10.2 Å². The van der Waals surface area contributed by atoms with Gasteiger partial charge in [0.05, 0.1) is 22.3 Å². The summed E-state index contributed by atoms with van der Waals surface area (Å²) in [5, 5.41) is 19.8. The van der Waals surface area contributed by atoms with Crippen LogP contribution in [0.4, 0.5) is 16.5 Å². The summed E-state index contributed by atoms with van der Waals surface area (Å²) in [6.45, 7) is 7.59. The number of rotatable bonds is 6. The van der Waals surface area contributed by atoms with Crippen molar-refractivity contribution in [3.63, 3.8) is 0 Å². The minimum Gasteiger partial charge on any atom is -0.330 e. The third-order valence-electron chi connectivity index (χ3n) is 4.23. The van der Waals surface area contributed by atoms with Crippen molar-refractivity contribution in [1.29, 1.82) is 0 Å². The Labute approximate surface area is 176 Å². The standard InChI is InChI=1S/C18H21ClN6OS2/c1-9-6-7-13(8-14(9)19)20-17-22-23-18(28-17)27-12(4)16(26)21-15-10(2)24-25(5)11(15)3/h6-8,12H,1-5H3,(H,20,22)(H,21,26). The van der Waals surface area contributed by atoms with Gasteiger partial charge in [0, 0.05) is 17.8 Å². The summed E-state index contributed by atoms with van der Waals surface area (Å²) in [6, 6.07) is 5.72. The van der Waals surface area contributed by atoms with Crippen LogP contribution in [0, 0.1) is 20.8 Å². The molecule has 0 spiro atoms. The lowest BCUT2D eigenvalue weighted by Crippen LogP contribution is -2.23. The van der Waals surface area contributed by atoms with Crippen molar-refractivity contribution in [1.82, 2.24) is 20.0 Å². The number of nitrogens with one attached hydrogen (secondary N) is 2. The molecule has 0 aliphatic rings. The first kappa shape index (κ1) is 20.6. The zero-order chi connectivity index (χ0) is 20.4. The number of benzene rings is 1. The fourth-order valence-corrected chi connectivity index (χ4v) is 4.58. The Morgan fingerprint density at radius 1 is 1.29 bits per heavy atom. The molecular formula is C18H21ClN6OS2. The van der Waals surface area contributed by atoms with Gasteiger partial charge in [-0.05, 0) is 45.4 Å². The number of hydrogen-bond acceptors (Lipinski definition) is 7. The van der Waals surface area contributed by atoms with E-state index < -0.39 is 0 Å². The molecule has 0 radical (unpaired) electrons. The quantitative estimate of drug-likeness (QED) is 0.544. The van der Waals surface area contributed by atoms with Gasteiger partial charge < -0.3 is 10.6 Å². The van der Waals surface area contributed by atoms with Crippen LogP contribution in [-0.4, -0.2) is 31.1 Å². The highest BCUT2D eigenvalue weighted by Gasteiger charge is 2.20. The van der Waals surface area contributed by atoms with Gasteiger partial charge in [-0.2, -0.15) is 5.10 Å². The zero-order valence-corrected chi connectivity index (χ0v) is 18.6. The molecule has 0 saturated carbocycles. The van der Waals surface area contributed by atoms with Crippen LogP contribution in [0.2, 0.25) is 5.02 Å². The molecule has 7 nitrogen and oxygen atoms in total. The van der Waals surface area contributed by atoms with Gasteiger partial charge in [-0.25, -0.2) is 0 Å². The number of aromatic nitrogens is 4. The molecule has 148 valence electrons. The molecule has 1 aromatic carbocycles. The molecule has 1 atom stereocenters. The van der Waals surface area contributed by atoms with Crippen molar-refractivity contribution in [2.45, 2.75) is 37.3 Å². The maximum Gasteiger partial charge on any atom is 0.237 e. The summed E-state index contributed by atoms with van der Waals surface area (Å²) in [4.78, 5) is 12.6. The number of nitrogens with zero attached hydrogens (tertiary/aromatic N) is 4. The second-order valence-electron chi connectivity index (χ2n) is 6.38. The molecule has 28 heavy (non-hydrogen) atoms. The third-order valence-corrected chi connectivity index (χ3v) is 6.66. The number of amides is 1. The summed E-state index contributed by atoms with van der Waals surface area (Å²) in [6.07, 6.45) is 0. The van der Waals surface area contributed by atoms with Crippen LogP contribution in [0.5, 0.6) is 0 Å². The molecule has 0 fully saturated rings. The van der Waals surface area contributed by atoms with E-state index in [0.717, 1.165) is 28.3 Å². The predicted octanol–water partition coefficient (Wildman–Crippen LogP) is 4.71. The lowest BCUT2D eigenvalue weighted by molar-refractivity contribution is -0.115. The number of anilines is 3. The van der Waals surface area contributed by atoms with E-state index in [1.54, 1.807) is 4.68 Å². The maximum atomic E-state index is 12.6. The number of carbonyl (C=O) groups is 1. The molecule has 2 aromatic heterocycles. The van der Waals surface area contributed by atoms with Gasteiger partial charge in [-0.1, -0.05) is 40.8 Å². The van der Waals surface area contributed by atoms with Gasteiger partial charge in [-0.3, -0.25) is 9.48 Å². The molecule has 3 rings (SSSR count). The van der Waals surface area contributed by atoms with Crippen molar-refractivity contribution in [2.24, 2.45) is 7.05 Å². The van der Waals surface area contributed by atoms with Crippen molar-refractivity contribution < 1.29 is 4.79 Å². The molecule has 0 saturated heterocycles. The van der Waals surface area contributed by atoms with E-state index >= 15 is 0 Å². The molecular weight excluding hydrogens is 416 g/mol. The predicted molar refractivity (Wildman–Crippen MR) is 116 cm³/mol. The largest absolute Gasteiger partial charge is 0.330 e. The normalized spacial score (nSPS) is 12.1. The number of hydrogen-bond donors (Lipinski definition) is 2. The highest BCUT2D eigenvalue weighted by atomic mass is 35.5. The highest BCUT2D eigenvalue weighted by molar-refractivity contribution is 8.02. The molecule has 3 aromatic rings. The number of thioether (sulfide) groups is 1. The summed E-state index contributed by atoms with van der Waals surface area (Å²) in [5.41, 5.74) is 4.33. The van der Waals surface area contributed by atoms with Crippen LogP contribution in [-0.2, 0) is 11.8 Å². The molecule has 2 heterocycles. The van der Waals surface area contributed by atoms with Crippen LogP contribution in [0.3, 0.4) is 0 Å². The number of halogens is 1. The summed E-state index contributed by atoms with van der Waals surface area (Å²) in [7, 11) is 1.85. The van der Waals surface area contributed by atoms with E-state index in [2.05, 4.69) is 25.9 Å². The average molecular weight is 437 g/mol. The smallest absolute Gasteiger partial charge is 0.237 e. The molecule has 1 unspecified atom stereocenters. The molecule has 0 aliphatic heterocycles. The van der Waals surface area contributed by atoms with E-state index in [-0.39, 0.29) is 11.2 Å². The van der Waals surface area contributed by atoms with Crippen LogP contribution < -0.4 is 10.6 Å². The Morgan fingerprint density at radius 2 is 2.04 bits per heavy atom. The van der Waals surface area contributed by atoms with Gasteiger partial charge in [0.2, 0.25) is 11.0 Å². The fourth-order valence-electron chi connectivity index (χ4n) is 2.49. The minimum atomic E-state index is -0.325. The molecule has 10 heteroatoms. The Hall–Kier alpha value is -2.10. The van der Waals surface area contributed by atoms with Crippen LogP contribution in [0.1, 0.15) is 23.9 Å². The number of aryl methyl sites for hydroxylation is 3. The van der Waals surface area contributed by atoms with E-state index in [4.69, 9.17) is 11.6 Å². The molecule has 0 bridgehead atoms. The van der Waals surface area contributed by atoms with Crippen molar-refractivity contribution in [2.75, 3.05) is 10.6 Å². The third kappa shape index (κ3) is 4.65. The van der Waals surface area contributed by atoms with Crippen molar-refractivity contribution >= 4 is 57.1 Å². The zero-order valence-electron chi connectivity index (χ0n) is 16.2. The minimum absolute atomic E-state index is 0.0979. The monoisotopic (exact) mass is 436 g/mol.